The third kappa shape index (κ3) is 4.70. The largest absolute Gasteiger partial charge is 0.492 e. The lowest BCUT2D eigenvalue weighted by Gasteiger charge is -2.09. The SMILES string of the molecule is Cc1nc(C(=O)Nc2ccc(OCCn3ccnc3)cc2)c(-c2ccccc2)s1. The summed E-state index contributed by atoms with van der Waals surface area (Å²) in [7, 11) is 0. The molecule has 2 heterocycles. The van der Waals surface area contributed by atoms with Crippen LogP contribution in [0.2, 0.25) is 0 Å². The van der Waals surface area contributed by atoms with E-state index in [0.29, 0.717) is 18.0 Å². The molecule has 146 valence electrons. The van der Waals surface area contributed by atoms with Crippen LogP contribution in [0.25, 0.3) is 10.4 Å². The van der Waals surface area contributed by atoms with E-state index in [2.05, 4.69) is 15.3 Å². The van der Waals surface area contributed by atoms with E-state index < -0.39 is 0 Å². The highest BCUT2D eigenvalue weighted by Gasteiger charge is 2.18. The average Bonchev–Trinajstić information content (AvgIpc) is 3.40. The van der Waals surface area contributed by atoms with Gasteiger partial charge in [-0.1, -0.05) is 30.3 Å². The van der Waals surface area contributed by atoms with E-state index in [1.807, 2.05) is 72.3 Å². The Morgan fingerprint density at radius 2 is 1.93 bits per heavy atom. The van der Waals surface area contributed by atoms with Gasteiger partial charge in [0.15, 0.2) is 0 Å². The van der Waals surface area contributed by atoms with Gasteiger partial charge < -0.3 is 14.6 Å². The van der Waals surface area contributed by atoms with E-state index in [1.54, 1.807) is 12.5 Å². The number of ether oxygens (including phenoxy) is 1. The molecule has 4 aromatic rings. The number of carbonyl (C=O) groups is 1. The molecule has 0 atom stereocenters. The summed E-state index contributed by atoms with van der Waals surface area (Å²) in [5.41, 5.74) is 2.13. The Balaban J connectivity index is 1.40. The minimum Gasteiger partial charge on any atom is -0.492 e. The van der Waals surface area contributed by atoms with Gasteiger partial charge in [0.1, 0.15) is 18.1 Å². The molecule has 0 unspecified atom stereocenters. The molecule has 1 amide bonds. The Kier molecular flexibility index (Phi) is 5.67. The fourth-order valence-corrected chi connectivity index (χ4v) is 3.80. The molecule has 0 radical (unpaired) electrons. The molecule has 0 fully saturated rings. The molecule has 0 bridgehead atoms. The third-order valence-corrected chi connectivity index (χ3v) is 5.29. The molecule has 0 spiro atoms. The van der Waals surface area contributed by atoms with Crippen LogP contribution in [-0.2, 0) is 6.54 Å². The monoisotopic (exact) mass is 404 g/mol. The number of aryl methyl sites for hydroxylation is 1. The number of benzene rings is 2. The predicted octanol–water partition coefficient (Wildman–Crippen LogP) is 4.65. The van der Waals surface area contributed by atoms with Crippen LogP contribution in [0.5, 0.6) is 5.75 Å². The Hall–Kier alpha value is -3.45. The number of anilines is 1. The van der Waals surface area contributed by atoms with Gasteiger partial charge in [0.05, 0.1) is 22.8 Å². The first-order chi connectivity index (χ1) is 14.2. The molecule has 4 rings (SSSR count). The molecule has 29 heavy (non-hydrogen) atoms. The quantitative estimate of drug-likeness (QED) is 0.487. The van der Waals surface area contributed by atoms with Crippen molar-refractivity contribution in [3.63, 3.8) is 0 Å². The minimum atomic E-state index is -0.220. The molecule has 0 saturated heterocycles. The van der Waals surface area contributed by atoms with Crippen LogP contribution in [0.1, 0.15) is 15.5 Å². The van der Waals surface area contributed by atoms with Gasteiger partial charge in [0.2, 0.25) is 0 Å². The Morgan fingerprint density at radius 1 is 1.14 bits per heavy atom. The molecule has 6 nitrogen and oxygen atoms in total. The number of amides is 1. The van der Waals surface area contributed by atoms with E-state index in [4.69, 9.17) is 4.74 Å². The van der Waals surface area contributed by atoms with Gasteiger partial charge in [-0.3, -0.25) is 4.79 Å². The molecule has 7 heteroatoms. The number of carbonyl (C=O) groups excluding carboxylic acids is 1. The summed E-state index contributed by atoms with van der Waals surface area (Å²) < 4.78 is 7.69. The fraction of sp³-hybridized carbons (Fsp3) is 0.136. The lowest BCUT2D eigenvalue weighted by molar-refractivity contribution is 0.102. The number of nitrogens with zero attached hydrogens (tertiary/aromatic N) is 3. The minimum absolute atomic E-state index is 0.220. The Labute approximate surface area is 172 Å². The van der Waals surface area contributed by atoms with Crippen LogP contribution in [0.3, 0.4) is 0 Å². The molecule has 2 aromatic carbocycles. The van der Waals surface area contributed by atoms with Crippen molar-refractivity contribution >= 4 is 22.9 Å². The van der Waals surface area contributed by atoms with Crippen LogP contribution in [0.4, 0.5) is 5.69 Å². The van der Waals surface area contributed by atoms with E-state index in [1.165, 1.54) is 11.3 Å². The molecule has 2 aromatic heterocycles. The zero-order valence-electron chi connectivity index (χ0n) is 15.9. The first kappa shape index (κ1) is 18.9. The van der Waals surface area contributed by atoms with Crippen molar-refractivity contribution in [3.05, 3.63) is 84.0 Å². The molecule has 0 aliphatic heterocycles. The summed E-state index contributed by atoms with van der Waals surface area (Å²) in [6.45, 7) is 3.17. The lowest BCUT2D eigenvalue weighted by atomic mass is 10.1. The van der Waals surface area contributed by atoms with E-state index in [-0.39, 0.29) is 5.91 Å². The highest BCUT2D eigenvalue weighted by molar-refractivity contribution is 7.15. The number of thiazole rings is 1. The van der Waals surface area contributed by atoms with Crippen molar-refractivity contribution in [1.29, 1.82) is 0 Å². The highest BCUT2D eigenvalue weighted by Crippen LogP contribution is 2.30. The highest BCUT2D eigenvalue weighted by atomic mass is 32.1. The van der Waals surface area contributed by atoms with Gasteiger partial charge in [0, 0.05) is 18.1 Å². The van der Waals surface area contributed by atoms with Crippen molar-refractivity contribution in [1.82, 2.24) is 14.5 Å². The fourth-order valence-electron chi connectivity index (χ4n) is 2.88. The van der Waals surface area contributed by atoms with Crippen molar-refractivity contribution in [2.24, 2.45) is 0 Å². The molecule has 0 aliphatic rings. The predicted molar refractivity (Wildman–Crippen MR) is 114 cm³/mol. The summed E-state index contributed by atoms with van der Waals surface area (Å²) in [5.74, 6) is 0.527. The standard InChI is InChI=1S/C22H20N4O2S/c1-16-24-20(21(29-16)17-5-3-2-4-6-17)22(27)25-18-7-9-19(10-8-18)28-14-13-26-12-11-23-15-26/h2-12,15H,13-14H2,1H3,(H,25,27). The van der Waals surface area contributed by atoms with E-state index in [9.17, 15) is 4.79 Å². The van der Waals surface area contributed by atoms with E-state index in [0.717, 1.165) is 27.7 Å². The zero-order chi connectivity index (χ0) is 20.1. The van der Waals surface area contributed by atoms with Crippen molar-refractivity contribution in [2.45, 2.75) is 13.5 Å². The second kappa shape index (κ2) is 8.70. The van der Waals surface area contributed by atoms with Gasteiger partial charge >= 0.3 is 0 Å². The number of hydrogen-bond donors (Lipinski definition) is 1. The summed E-state index contributed by atoms with van der Waals surface area (Å²) >= 11 is 1.52. The molecular weight excluding hydrogens is 384 g/mol. The Morgan fingerprint density at radius 3 is 2.66 bits per heavy atom. The molecule has 0 aliphatic carbocycles. The number of aromatic nitrogens is 3. The topological polar surface area (TPSA) is 69.0 Å². The van der Waals surface area contributed by atoms with Crippen molar-refractivity contribution in [2.75, 3.05) is 11.9 Å². The van der Waals surface area contributed by atoms with Crippen LogP contribution in [0.15, 0.2) is 73.3 Å². The number of hydrogen-bond acceptors (Lipinski definition) is 5. The summed E-state index contributed by atoms with van der Waals surface area (Å²) in [4.78, 5) is 22.1. The van der Waals surface area contributed by atoms with Gasteiger partial charge in [0.25, 0.3) is 5.91 Å². The van der Waals surface area contributed by atoms with Gasteiger partial charge in [-0.2, -0.15) is 0 Å². The maximum atomic E-state index is 12.8. The van der Waals surface area contributed by atoms with Crippen LogP contribution >= 0.6 is 11.3 Å². The summed E-state index contributed by atoms with van der Waals surface area (Å²) in [5, 5.41) is 3.78. The Bertz CT molecular complexity index is 1070. The van der Waals surface area contributed by atoms with Crippen molar-refractivity contribution < 1.29 is 9.53 Å². The normalized spacial score (nSPS) is 10.7. The van der Waals surface area contributed by atoms with Gasteiger partial charge in [-0.05, 0) is 36.8 Å². The van der Waals surface area contributed by atoms with Crippen LogP contribution in [-0.4, -0.2) is 27.0 Å². The number of rotatable bonds is 7. The smallest absolute Gasteiger partial charge is 0.275 e. The summed E-state index contributed by atoms with van der Waals surface area (Å²) in [6.07, 6.45) is 5.39. The first-order valence-corrected chi connectivity index (χ1v) is 10.0. The molecule has 0 saturated carbocycles. The van der Waals surface area contributed by atoms with Gasteiger partial charge in [-0.15, -0.1) is 11.3 Å². The first-order valence-electron chi connectivity index (χ1n) is 9.22. The number of imidazole rings is 1. The van der Waals surface area contributed by atoms with Crippen molar-refractivity contribution in [3.8, 4) is 16.2 Å². The van der Waals surface area contributed by atoms with Crippen LogP contribution < -0.4 is 10.1 Å². The molecular formula is C22H20N4O2S. The molecule has 1 N–H and O–H groups in total. The third-order valence-electron chi connectivity index (χ3n) is 4.27. The summed E-state index contributed by atoms with van der Waals surface area (Å²) in [6, 6.07) is 17.2. The van der Waals surface area contributed by atoms with Crippen LogP contribution in [0, 0.1) is 6.92 Å². The van der Waals surface area contributed by atoms with E-state index >= 15 is 0 Å². The number of nitrogens with one attached hydrogen (secondary N) is 1. The maximum absolute atomic E-state index is 12.8. The second-order valence-corrected chi connectivity index (χ2v) is 7.61. The average molecular weight is 404 g/mol. The second-order valence-electron chi connectivity index (χ2n) is 6.40. The maximum Gasteiger partial charge on any atom is 0.275 e. The lowest BCUT2D eigenvalue weighted by Crippen LogP contribution is -2.13. The zero-order valence-corrected chi connectivity index (χ0v) is 16.7. The van der Waals surface area contributed by atoms with Gasteiger partial charge in [-0.25, -0.2) is 9.97 Å².